The predicted octanol–water partition coefficient (Wildman–Crippen LogP) is 1.49. The first-order valence-corrected chi connectivity index (χ1v) is 8.41. The summed E-state index contributed by atoms with van der Waals surface area (Å²) in [7, 11) is 0. The summed E-state index contributed by atoms with van der Waals surface area (Å²) >= 11 is 0. The van der Waals surface area contributed by atoms with Gasteiger partial charge in [0.15, 0.2) is 0 Å². The van der Waals surface area contributed by atoms with Crippen molar-refractivity contribution in [2.45, 2.75) is 33.6 Å². The van der Waals surface area contributed by atoms with Gasteiger partial charge in [-0.15, -0.1) is 0 Å². The lowest BCUT2D eigenvalue weighted by Gasteiger charge is -2.62. The molecule has 2 bridgehead atoms. The lowest BCUT2D eigenvalue weighted by Crippen LogP contribution is -2.68. The molecule has 6 unspecified atom stereocenters. The van der Waals surface area contributed by atoms with E-state index < -0.39 is 58.9 Å². The van der Waals surface area contributed by atoms with E-state index in [0.29, 0.717) is 6.42 Å². The van der Waals surface area contributed by atoms with Crippen LogP contribution in [0.25, 0.3) is 0 Å². The monoisotopic (exact) mass is 356 g/mol. The normalized spacial score (nSPS) is 41.1. The van der Waals surface area contributed by atoms with Crippen molar-refractivity contribution in [1.29, 1.82) is 0 Å². The zero-order valence-corrected chi connectivity index (χ0v) is 14.4. The molecule has 0 aromatic carbocycles. The molecule has 0 saturated heterocycles. The fourth-order valence-corrected chi connectivity index (χ4v) is 5.61. The van der Waals surface area contributed by atoms with Crippen molar-refractivity contribution in [2.24, 2.45) is 46.8 Å². The molecule has 0 aromatic heterocycles. The highest BCUT2D eigenvalue weighted by Crippen LogP contribution is 2.66. The van der Waals surface area contributed by atoms with Crippen LogP contribution in [0.1, 0.15) is 33.6 Å². The molecule has 8 nitrogen and oxygen atoms in total. The van der Waals surface area contributed by atoms with Gasteiger partial charge in [-0.2, -0.15) is 0 Å². The number of carbonyl (C=O) groups is 4. The molecule has 3 rings (SSSR count). The standard InChI is InChI=1S/C17H24O8/c1-4-6(2)8-5-7-9(13(18)19)11(15(22)23)17(8,3)12(16(24)25)10(7)14(20)21/h6-12H,4-5H2,1-3H3,(H,18,19)(H,20,21)(H,22,23)(H,24,25). The first-order chi connectivity index (χ1) is 11.5. The van der Waals surface area contributed by atoms with E-state index in [4.69, 9.17) is 0 Å². The Morgan fingerprint density at radius 3 is 1.60 bits per heavy atom. The summed E-state index contributed by atoms with van der Waals surface area (Å²) in [6.45, 7) is 5.23. The number of carboxylic acids is 4. The molecule has 0 aromatic rings. The summed E-state index contributed by atoms with van der Waals surface area (Å²) < 4.78 is 0. The zero-order valence-electron chi connectivity index (χ0n) is 14.4. The van der Waals surface area contributed by atoms with Crippen LogP contribution in [0.3, 0.4) is 0 Å². The van der Waals surface area contributed by atoms with Crippen LogP contribution in [0.5, 0.6) is 0 Å². The van der Waals surface area contributed by atoms with E-state index >= 15 is 0 Å². The Bertz CT molecular complexity index is 572. The first-order valence-electron chi connectivity index (χ1n) is 8.41. The molecule has 3 fully saturated rings. The number of aliphatic carboxylic acids is 4. The van der Waals surface area contributed by atoms with Crippen molar-refractivity contribution in [1.82, 2.24) is 0 Å². The van der Waals surface area contributed by atoms with Crippen molar-refractivity contribution in [3.05, 3.63) is 0 Å². The Morgan fingerprint density at radius 2 is 1.32 bits per heavy atom. The minimum atomic E-state index is -1.45. The second-order valence-electron chi connectivity index (χ2n) is 7.62. The van der Waals surface area contributed by atoms with Crippen LogP contribution >= 0.6 is 0 Å². The Morgan fingerprint density at radius 1 is 0.920 bits per heavy atom. The third kappa shape index (κ3) is 2.58. The van der Waals surface area contributed by atoms with Crippen molar-refractivity contribution in [3.8, 4) is 0 Å². The maximum atomic E-state index is 12.0. The van der Waals surface area contributed by atoms with E-state index in [9.17, 15) is 39.6 Å². The molecule has 0 radical (unpaired) electrons. The SMILES string of the molecule is CCC(C)C1CC2C(C(=O)O)C(C(=O)O)C1(C)C(C(=O)O)C2C(=O)O. The quantitative estimate of drug-likeness (QED) is 0.559. The summed E-state index contributed by atoms with van der Waals surface area (Å²) in [4.78, 5) is 47.5. The highest BCUT2D eigenvalue weighted by atomic mass is 16.4. The van der Waals surface area contributed by atoms with Gasteiger partial charge in [-0.05, 0) is 29.6 Å². The summed E-state index contributed by atoms with van der Waals surface area (Å²) in [5, 5.41) is 38.7. The fourth-order valence-electron chi connectivity index (χ4n) is 5.61. The predicted molar refractivity (Wildman–Crippen MR) is 83.7 cm³/mol. The van der Waals surface area contributed by atoms with Crippen LogP contribution in [0.15, 0.2) is 0 Å². The lowest BCUT2D eigenvalue weighted by molar-refractivity contribution is -0.223. The number of hydrogen-bond acceptors (Lipinski definition) is 4. The Hall–Kier alpha value is -2.12. The van der Waals surface area contributed by atoms with E-state index in [1.807, 2.05) is 13.8 Å². The topological polar surface area (TPSA) is 149 Å². The van der Waals surface area contributed by atoms with Gasteiger partial charge < -0.3 is 20.4 Å². The number of fused-ring (bicyclic) bond motifs is 3. The summed E-state index contributed by atoms with van der Waals surface area (Å²) in [6.07, 6.45) is 0.883. The largest absolute Gasteiger partial charge is 0.481 e. The second-order valence-corrected chi connectivity index (χ2v) is 7.62. The van der Waals surface area contributed by atoms with Gasteiger partial charge in [-0.25, -0.2) is 0 Å². The molecular weight excluding hydrogens is 332 g/mol. The molecular formula is C17H24O8. The van der Waals surface area contributed by atoms with Crippen LogP contribution in [0.2, 0.25) is 0 Å². The maximum absolute atomic E-state index is 12.0. The van der Waals surface area contributed by atoms with Crippen molar-refractivity contribution >= 4 is 23.9 Å². The van der Waals surface area contributed by atoms with Gasteiger partial charge in [0, 0.05) is 0 Å². The highest BCUT2D eigenvalue weighted by molar-refractivity contribution is 5.88. The molecule has 0 aliphatic heterocycles. The van der Waals surface area contributed by atoms with Crippen LogP contribution in [-0.2, 0) is 19.2 Å². The summed E-state index contributed by atoms with van der Waals surface area (Å²) in [5.74, 6) is -12.6. The maximum Gasteiger partial charge on any atom is 0.307 e. The van der Waals surface area contributed by atoms with E-state index in [1.165, 1.54) is 6.92 Å². The van der Waals surface area contributed by atoms with Crippen molar-refractivity contribution < 1.29 is 39.6 Å². The van der Waals surface area contributed by atoms with Gasteiger partial charge >= 0.3 is 23.9 Å². The molecule has 8 heteroatoms. The van der Waals surface area contributed by atoms with E-state index in [-0.39, 0.29) is 18.3 Å². The molecule has 0 amide bonds. The van der Waals surface area contributed by atoms with Crippen molar-refractivity contribution in [3.63, 3.8) is 0 Å². The highest BCUT2D eigenvalue weighted by Gasteiger charge is 2.72. The fraction of sp³-hybridized carbons (Fsp3) is 0.765. The number of hydrogen-bond donors (Lipinski definition) is 4. The average molecular weight is 356 g/mol. The van der Waals surface area contributed by atoms with E-state index in [1.54, 1.807) is 0 Å². The van der Waals surface area contributed by atoms with Crippen LogP contribution in [0.4, 0.5) is 0 Å². The van der Waals surface area contributed by atoms with Crippen LogP contribution in [0, 0.1) is 46.8 Å². The summed E-state index contributed by atoms with van der Waals surface area (Å²) in [6, 6.07) is 0. The second kappa shape index (κ2) is 6.31. The van der Waals surface area contributed by atoms with Gasteiger partial charge in [0.25, 0.3) is 0 Å². The molecule has 25 heavy (non-hydrogen) atoms. The molecule has 3 saturated carbocycles. The van der Waals surface area contributed by atoms with Gasteiger partial charge in [0.05, 0.1) is 23.7 Å². The van der Waals surface area contributed by atoms with Gasteiger partial charge in [-0.1, -0.05) is 27.2 Å². The minimum Gasteiger partial charge on any atom is -0.481 e. The van der Waals surface area contributed by atoms with Crippen molar-refractivity contribution in [2.75, 3.05) is 0 Å². The number of carboxylic acid groups (broad SMARTS) is 4. The first kappa shape index (κ1) is 19.2. The Labute approximate surface area is 144 Å². The van der Waals surface area contributed by atoms with Gasteiger partial charge in [0.1, 0.15) is 0 Å². The lowest BCUT2D eigenvalue weighted by atomic mass is 9.38. The summed E-state index contributed by atoms with van der Waals surface area (Å²) in [5.41, 5.74) is -1.45. The molecule has 140 valence electrons. The van der Waals surface area contributed by atoms with Gasteiger partial charge in [0.2, 0.25) is 0 Å². The van der Waals surface area contributed by atoms with E-state index in [0.717, 1.165) is 0 Å². The van der Waals surface area contributed by atoms with Crippen LogP contribution in [-0.4, -0.2) is 44.3 Å². The Kier molecular flexibility index (Phi) is 4.85. The zero-order chi connectivity index (χ0) is 19.3. The number of rotatable bonds is 6. The average Bonchev–Trinajstić information content (AvgIpc) is 2.50. The van der Waals surface area contributed by atoms with Gasteiger partial charge in [-0.3, -0.25) is 19.2 Å². The molecule has 3 aliphatic carbocycles. The third-order valence-corrected chi connectivity index (χ3v) is 6.74. The van der Waals surface area contributed by atoms with E-state index in [2.05, 4.69) is 0 Å². The molecule has 3 aliphatic rings. The molecule has 6 atom stereocenters. The van der Waals surface area contributed by atoms with Crippen LogP contribution < -0.4 is 0 Å². The third-order valence-electron chi connectivity index (χ3n) is 6.74. The smallest absolute Gasteiger partial charge is 0.307 e. The minimum absolute atomic E-state index is 0.0410. The molecule has 0 spiro atoms. The molecule has 0 heterocycles. The Balaban J connectivity index is 2.75. The molecule has 4 N–H and O–H groups in total.